The number of nitrogens with zero attached hydrogens (tertiary/aromatic N) is 1. The van der Waals surface area contributed by atoms with Crippen LogP contribution in [0.15, 0.2) is 0 Å². The summed E-state index contributed by atoms with van der Waals surface area (Å²) in [5, 5.41) is 0. The Morgan fingerprint density at radius 1 is 1.40 bits per heavy atom. The lowest BCUT2D eigenvalue weighted by Crippen LogP contribution is -2.44. The summed E-state index contributed by atoms with van der Waals surface area (Å²) >= 11 is 0. The minimum absolute atomic E-state index is 0.0279. The zero-order valence-electron chi connectivity index (χ0n) is 9.16. The summed E-state index contributed by atoms with van der Waals surface area (Å²) in [7, 11) is 0. The third kappa shape index (κ3) is 1.47. The Morgan fingerprint density at radius 3 is 2.53 bits per heavy atom. The van der Waals surface area contributed by atoms with Gasteiger partial charge in [0, 0.05) is 19.0 Å². The first-order valence-corrected chi connectivity index (χ1v) is 5.67. The van der Waals surface area contributed by atoms with E-state index in [2.05, 4.69) is 0 Å². The molecule has 4 heteroatoms. The monoisotopic (exact) mass is 210 g/mol. The van der Waals surface area contributed by atoms with Gasteiger partial charge >= 0.3 is 0 Å². The summed E-state index contributed by atoms with van der Waals surface area (Å²) in [6.07, 6.45) is 4.32. The first-order valence-electron chi connectivity index (χ1n) is 5.67. The van der Waals surface area contributed by atoms with Gasteiger partial charge in [0.1, 0.15) is 0 Å². The van der Waals surface area contributed by atoms with Crippen molar-refractivity contribution in [2.45, 2.75) is 45.1 Å². The van der Waals surface area contributed by atoms with Gasteiger partial charge in [0.15, 0.2) is 0 Å². The molecule has 2 rings (SSSR count). The van der Waals surface area contributed by atoms with Gasteiger partial charge in [0.05, 0.1) is 5.41 Å². The molecule has 0 aromatic rings. The van der Waals surface area contributed by atoms with E-state index in [0.29, 0.717) is 13.0 Å². The van der Waals surface area contributed by atoms with Crippen LogP contribution in [0, 0.1) is 5.41 Å². The number of imide groups is 1. The SMILES string of the molecule is CC(CN)N1C(=O)CC2(CCCC2)C1=O. The molecular formula is C11H18N2O2. The molecule has 15 heavy (non-hydrogen) atoms. The van der Waals surface area contributed by atoms with Gasteiger partial charge in [-0.1, -0.05) is 12.8 Å². The molecule has 1 spiro atoms. The van der Waals surface area contributed by atoms with Crippen LogP contribution in [0.25, 0.3) is 0 Å². The fraction of sp³-hybridized carbons (Fsp3) is 0.818. The molecule has 0 radical (unpaired) electrons. The van der Waals surface area contributed by atoms with Crippen molar-refractivity contribution in [3.63, 3.8) is 0 Å². The fourth-order valence-corrected chi connectivity index (χ4v) is 2.81. The van der Waals surface area contributed by atoms with Crippen LogP contribution in [0.5, 0.6) is 0 Å². The van der Waals surface area contributed by atoms with Gasteiger partial charge in [-0.15, -0.1) is 0 Å². The third-order valence-corrected chi connectivity index (χ3v) is 3.77. The smallest absolute Gasteiger partial charge is 0.236 e. The van der Waals surface area contributed by atoms with E-state index in [4.69, 9.17) is 5.73 Å². The van der Waals surface area contributed by atoms with Crippen molar-refractivity contribution in [3.05, 3.63) is 0 Å². The van der Waals surface area contributed by atoms with E-state index in [1.807, 2.05) is 6.92 Å². The molecule has 2 fully saturated rings. The Kier molecular flexibility index (Phi) is 2.54. The highest BCUT2D eigenvalue weighted by Crippen LogP contribution is 2.47. The fourth-order valence-electron chi connectivity index (χ4n) is 2.81. The van der Waals surface area contributed by atoms with Crippen molar-refractivity contribution in [1.82, 2.24) is 4.90 Å². The number of carbonyl (C=O) groups excluding carboxylic acids is 2. The largest absolute Gasteiger partial charge is 0.328 e. The molecule has 2 amide bonds. The van der Waals surface area contributed by atoms with Crippen LogP contribution in [0.1, 0.15) is 39.0 Å². The van der Waals surface area contributed by atoms with Crippen LogP contribution in [0.4, 0.5) is 0 Å². The maximum Gasteiger partial charge on any atom is 0.236 e. The van der Waals surface area contributed by atoms with Gasteiger partial charge in [-0.3, -0.25) is 14.5 Å². The zero-order chi connectivity index (χ0) is 11.1. The molecule has 1 heterocycles. The second kappa shape index (κ2) is 3.59. The van der Waals surface area contributed by atoms with Crippen LogP contribution in [-0.2, 0) is 9.59 Å². The van der Waals surface area contributed by atoms with Crippen LogP contribution < -0.4 is 5.73 Å². The number of amides is 2. The molecule has 1 aliphatic heterocycles. The van der Waals surface area contributed by atoms with E-state index in [1.54, 1.807) is 0 Å². The summed E-state index contributed by atoms with van der Waals surface area (Å²) in [5.74, 6) is 0.00259. The Morgan fingerprint density at radius 2 is 2.00 bits per heavy atom. The van der Waals surface area contributed by atoms with E-state index < -0.39 is 0 Å². The maximum atomic E-state index is 12.2. The van der Waals surface area contributed by atoms with Crippen molar-refractivity contribution in [1.29, 1.82) is 0 Å². The minimum Gasteiger partial charge on any atom is -0.328 e. The predicted molar refractivity (Wildman–Crippen MR) is 55.9 cm³/mol. The van der Waals surface area contributed by atoms with Crippen molar-refractivity contribution in [2.75, 3.05) is 6.54 Å². The van der Waals surface area contributed by atoms with E-state index >= 15 is 0 Å². The lowest BCUT2D eigenvalue weighted by molar-refractivity contribution is -0.143. The van der Waals surface area contributed by atoms with Gasteiger partial charge in [-0.2, -0.15) is 0 Å². The first-order chi connectivity index (χ1) is 7.10. The molecule has 4 nitrogen and oxygen atoms in total. The highest BCUT2D eigenvalue weighted by molar-refractivity contribution is 6.06. The Labute approximate surface area is 89.8 Å². The average molecular weight is 210 g/mol. The highest BCUT2D eigenvalue weighted by Gasteiger charge is 2.53. The van der Waals surface area contributed by atoms with E-state index in [1.165, 1.54) is 4.90 Å². The summed E-state index contributed by atoms with van der Waals surface area (Å²) in [5.41, 5.74) is 5.17. The topological polar surface area (TPSA) is 63.4 Å². The molecule has 1 saturated heterocycles. The average Bonchev–Trinajstić information content (AvgIpc) is 2.75. The summed E-state index contributed by atoms with van der Waals surface area (Å²) in [6, 6.07) is -0.148. The lowest BCUT2D eigenvalue weighted by Gasteiger charge is -2.24. The van der Waals surface area contributed by atoms with Crippen LogP contribution >= 0.6 is 0 Å². The molecule has 0 aromatic carbocycles. The first kappa shape index (κ1) is 10.6. The van der Waals surface area contributed by atoms with Crippen molar-refractivity contribution < 1.29 is 9.59 Å². The maximum absolute atomic E-state index is 12.2. The Bertz CT molecular complexity index is 295. The van der Waals surface area contributed by atoms with Gasteiger partial charge in [-0.25, -0.2) is 0 Å². The zero-order valence-corrected chi connectivity index (χ0v) is 9.16. The lowest BCUT2D eigenvalue weighted by atomic mass is 9.84. The van der Waals surface area contributed by atoms with E-state index in [0.717, 1.165) is 25.7 Å². The number of carbonyl (C=O) groups is 2. The predicted octanol–water partition coefficient (Wildman–Crippen LogP) is 0.653. The Hall–Kier alpha value is -0.900. The summed E-state index contributed by atoms with van der Waals surface area (Å²) < 4.78 is 0. The van der Waals surface area contributed by atoms with Gasteiger partial charge < -0.3 is 5.73 Å². The van der Waals surface area contributed by atoms with Crippen molar-refractivity contribution >= 4 is 11.8 Å². The molecule has 0 aromatic heterocycles. The molecule has 84 valence electrons. The minimum atomic E-state index is -0.347. The van der Waals surface area contributed by atoms with Gasteiger partial charge in [0.25, 0.3) is 0 Å². The summed E-state index contributed by atoms with van der Waals surface area (Å²) in [4.78, 5) is 25.4. The van der Waals surface area contributed by atoms with E-state index in [9.17, 15) is 9.59 Å². The highest BCUT2D eigenvalue weighted by atomic mass is 16.2. The van der Waals surface area contributed by atoms with Crippen molar-refractivity contribution in [2.24, 2.45) is 11.1 Å². The molecule has 1 atom stereocenters. The van der Waals surface area contributed by atoms with Gasteiger partial charge in [0.2, 0.25) is 11.8 Å². The number of rotatable bonds is 2. The second-order valence-corrected chi connectivity index (χ2v) is 4.82. The number of likely N-dealkylation sites (tertiary alicyclic amines) is 1. The number of hydrogen-bond acceptors (Lipinski definition) is 3. The molecule has 1 unspecified atom stereocenters. The molecule has 2 N–H and O–H groups in total. The van der Waals surface area contributed by atoms with Crippen LogP contribution in [0.2, 0.25) is 0 Å². The van der Waals surface area contributed by atoms with Crippen LogP contribution in [0.3, 0.4) is 0 Å². The van der Waals surface area contributed by atoms with Crippen molar-refractivity contribution in [3.8, 4) is 0 Å². The molecule has 2 aliphatic rings. The van der Waals surface area contributed by atoms with Crippen LogP contribution in [-0.4, -0.2) is 29.3 Å². The summed E-state index contributed by atoms with van der Waals surface area (Å²) in [6.45, 7) is 2.19. The normalized spacial score (nSPS) is 26.7. The molecular weight excluding hydrogens is 192 g/mol. The molecule has 0 bridgehead atoms. The standard InChI is InChI=1S/C11H18N2O2/c1-8(7-12)13-9(14)6-11(10(13)15)4-2-3-5-11/h8H,2-7,12H2,1H3. The third-order valence-electron chi connectivity index (χ3n) is 3.77. The van der Waals surface area contributed by atoms with Gasteiger partial charge in [-0.05, 0) is 19.8 Å². The second-order valence-electron chi connectivity index (χ2n) is 4.82. The van der Waals surface area contributed by atoms with E-state index in [-0.39, 0.29) is 23.3 Å². The molecule has 1 aliphatic carbocycles. The molecule has 1 saturated carbocycles. The number of hydrogen-bond donors (Lipinski definition) is 1. The Balaban J connectivity index is 2.23. The quantitative estimate of drug-likeness (QED) is 0.681. The number of nitrogens with two attached hydrogens (primary N) is 1.